The van der Waals surface area contributed by atoms with Gasteiger partial charge in [0.2, 0.25) is 5.91 Å². The van der Waals surface area contributed by atoms with Gasteiger partial charge in [-0.3, -0.25) is 9.78 Å². The summed E-state index contributed by atoms with van der Waals surface area (Å²) in [5, 5.41) is 9.27. The topological polar surface area (TPSA) is 66.9 Å². The largest absolute Gasteiger partial charge is 0.356 e. The number of aryl methyl sites for hydroxylation is 1. The molecule has 3 rings (SSSR count). The number of carbonyl (C=O) groups excluding carboxylic acids is 1. The molecule has 0 bridgehead atoms. The molecule has 1 aliphatic rings. The van der Waals surface area contributed by atoms with Crippen LogP contribution in [0.4, 0.5) is 0 Å². The molecule has 2 N–H and O–H groups in total. The molecule has 6 heteroatoms. The van der Waals surface area contributed by atoms with Crippen LogP contribution in [-0.4, -0.2) is 35.5 Å². The van der Waals surface area contributed by atoms with Gasteiger partial charge in [0.25, 0.3) is 0 Å². The highest BCUT2D eigenvalue weighted by Gasteiger charge is 2.23. The predicted octanol–water partition coefficient (Wildman–Crippen LogP) is 1.47. The molecule has 1 aliphatic heterocycles. The van der Waals surface area contributed by atoms with Gasteiger partial charge < -0.3 is 10.6 Å². The van der Waals surface area contributed by atoms with E-state index in [-0.39, 0.29) is 11.8 Å². The second-order valence-corrected chi connectivity index (χ2v) is 6.05. The third-order valence-corrected chi connectivity index (χ3v) is 4.46. The van der Waals surface area contributed by atoms with Gasteiger partial charge in [0.1, 0.15) is 0 Å². The molecular formula is C15H18N4OS. The van der Waals surface area contributed by atoms with E-state index >= 15 is 0 Å². The molecule has 0 aliphatic carbocycles. The summed E-state index contributed by atoms with van der Waals surface area (Å²) in [6.45, 7) is 2.35. The van der Waals surface area contributed by atoms with E-state index in [1.807, 2.05) is 12.1 Å². The molecule has 0 saturated carbocycles. The van der Waals surface area contributed by atoms with Crippen LogP contribution >= 0.6 is 11.3 Å². The van der Waals surface area contributed by atoms with E-state index in [0.29, 0.717) is 0 Å². The lowest BCUT2D eigenvalue weighted by atomic mass is 10.0. The zero-order chi connectivity index (χ0) is 14.5. The Hall–Kier alpha value is -1.79. The Kier molecular flexibility index (Phi) is 4.57. The molecule has 3 heterocycles. The highest BCUT2D eigenvalue weighted by molar-refractivity contribution is 7.09. The summed E-state index contributed by atoms with van der Waals surface area (Å²) in [7, 11) is 0. The quantitative estimate of drug-likeness (QED) is 0.793. The number of thiazole rings is 1. The van der Waals surface area contributed by atoms with Crippen LogP contribution < -0.4 is 10.6 Å². The highest BCUT2D eigenvalue weighted by atomic mass is 32.1. The van der Waals surface area contributed by atoms with Crippen molar-refractivity contribution in [2.75, 3.05) is 19.6 Å². The molecule has 0 spiro atoms. The van der Waals surface area contributed by atoms with E-state index in [0.717, 1.165) is 48.7 Å². The number of carbonyl (C=O) groups is 1. The average Bonchev–Trinajstić information content (AvgIpc) is 2.91. The Morgan fingerprint density at radius 2 is 2.19 bits per heavy atom. The number of aromatic nitrogens is 2. The SMILES string of the molecule is O=C(NCCCc1nc(-c2ccncc2)cs1)C1CNC1. The maximum absolute atomic E-state index is 11.7. The fraction of sp³-hybridized carbons (Fsp3) is 0.400. The molecular weight excluding hydrogens is 284 g/mol. The summed E-state index contributed by atoms with van der Waals surface area (Å²) < 4.78 is 0. The maximum atomic E-state index is 11.7. The average molecular weight is 302 g/mol. The summed E-state index contributed by atoms with van der Waals surface area (Å²) in [5.41, 5.74) is 2.10. The Morgan fingerprint density at radius 3 is 2.90 bits per heavy atom. The molecule has 2 aromatic heterocycles. The first-order valence-corrected chi connectivity index (χ1v) is 8.04. The molecule has 110 valence electrons. The number of hydrogen-bond acceptors (Lipinski definition) is 5. The van der Waals surface area contributed by atoms with Gasteiger partial charge in [-0.15, -0.1) is 11.3 Å². The summed E-state index contributed by atoms with van der Waals surface area (Å²) in [5.74, 6) is 0.341. The van der Waals surface area contributed by atoms with E-state index < -0.39 is 0 Å². The first-order chi connectivity index (χ1) is 10.3. The van der Waals surface area contributed by atoms with Crippen molar-refractivity contribution in [3.05, 3.63) is 34.9 Å². The van der Waals surface area contributed by atoms with Crippen molar-refractivity contribution in [1.29, 1.82) is 0 Å². The standard InChI is InChI=1S/C15H18N4OS/c20-15(12-8-17-9-12)18-5-1-2-14-19-13(10-21-14)11-3-6-16-7-4-11/h3-4,6-7,10,12,17H,1-2,5,8-9H2,(H,18,20). The van der Waals surface area contributed by atoms with E-state index in [4.69, 9.17) is 0 Å². The van der Waals surface area contributed by atoms with E-state index in [1.54, 1.807) is 23.7 Å². The molecule has 0 atom stereocenters. The molecule has 2 aromatic rings. The lowest BCUT2D eigenvalue weighted by Gasteiger charge is -2.25. The number of nitrogens with zero attached hydrogens (tertiary/aromatic N) is 2. The Labute approximate surface area is 127 Å². The molecule has 1 saturated heterocycles. The van der Waals surface area contributed by atoms with Crippen molar-refractivity contribution in [2.24, 2.45) is 5.92 Å². The fourth-order valence-electron chi connectivity index (χ4n) is 2.15. The van der Waals surface area contributed by atoms with Gasteiger partial charge in [-0.2, -0.15) is 0 Å². The Morgan fingerprint density at radius 1 is 1.38 bits per heavy atom. The first-order valence-electron chi connectivity index (χ1n) is 7.16. The zero-order valence-corrected chi connectivity index (χ0v) is 12.5. The van der Waals surface area contributed by atoms with Crippen LogP contribution in [0.5, 0.6) is 0 Å². The monoisotopic (exact) mass is 302 g/mol. The normalized spacial score (nSPS) is 14.7. The van der Waals surface area contributed by atoms with Crippen molar-refractivity contribution in [2.45, 2.75) is 12.8 Å². The summed E-state index contributed by atoms with van der Waals surface area (Å²) in [6.07, 6.45) is 5.38. The smallest absolute Gasteiger partial charge is 0.225 e. The van der Waals surface area contributed by atoms with Gasteiger partial charge in [0, 0.05) is 49.4 Å². The number of amides is 1. The number of rotatable bonds is 6. The van der Waals surface area contributed by atoms with Crippen LogP contribution in [-0.2, 0) is 11.2 Å². The third-order valence-electron chi connectivity index (χ3n) is 3.55. The molecule has 5 nitrogen and oxygen atoms in total. The van der Waals surface area contributed by atoms with Gasteiger partial charge in [-0.1, -0.05) is 0 Å². The second kappa shape index (κ2) is 6.78. The molecule has 1 fully saturated rings. The minimum atomic E-state index is 0.170. The van der Waals surface area contributed by atoms with Crippen LogP contribution in [0, 0.1) is 5.92 Å². The van der Waals surface area contributed by atoms with Crippen molar-refractivity contribution in [3.8, 4) is 11.3 Å². The number of pyridine rings is 1. The second-order valence-electron chi connectivity index (χ2n) is 5.11. The lowest BCUT2D eigenvalue weighted by Crippen LogP contribution is -2.50. The van der Waals surface area contributed by atoms with Crippen LogP contribution in [0.15, 0.2) is 29.9 Å². The summed E-state index contributed by atoms with van der Waals surface area (Å²) in [6, 6.07) is 3.93. The maximum Gasteiger partial charge on any atom is 0.225 e. The Bertz CT molecular complexity index is 595. The summed E-state index contributed by atoms with van der Waals surface area (Å²) >= 11 is 1.67. The van der Waals surface area contributed by atoms with Crippen LogP contribution in [0.3, 0.4) is 0 Å². The van der Waals surface area contributed by atoms with Crippen LogP contribution in [0.1, 0.15) is 11.4 Å². The number of hydrogen-bond donors (Lipinski definition) is 2. The van der Waals surface area contributed by atoms with Gasteiger partial charge in [-0.05, 0) is 18.6 Å². The van der Waals surface area contributed by atoms with Crippen molar-refractivity contribution < 1.29 is 4.79 Å². The lowest BCUT2D eigenvalue weighted by molar-refractivity contribution is -0.126. The van der Waals surface area contributed by atoms with Crippen molar-refractivity contribution in [3.63, 3.8) is 0 Å². The Balaban J connectivity index is 1.43. The fourth-order valence-corrected chi connectivity index (χ4v) is 3.00. The zero-order valence-electron chi connectivity index (χ0n) is 11.7. The third kappa shape index (κ3) is 3.65. The van der Waals surface area contributed by atoms with Gasteiger partial charge >= 0.3 is 0 Å². The minimum absolute atomic E-state index is 0.170. The van der Waals surface area contributed by atoms with Crippen LogP contribution in [0.25, 0.3) is 11.3 Å². The first kappa shape index (κ1) is 14.2. The van der Waals surface area contributed by atoms with E-state index in [2.05, 4.69) is 26.0 Å². The predicted molar refractivity (Wildman–Crippen MR) is 83.0 cm³/mol. The highest BCUT2D eigenvalue weighted by Crippen LogP contribution is 2.21. The van der Waals surface area contributed by atoms with E-state index in [1.165, 1.54) is 0 Å². The molecule has 1 amide bonds. The van der Waals surface area contributed by atoms with Gasteiger partial charge in [0.15, 0.2) is 0 Å². The van der Waals surface area contributed by atoms with Gasteiger partial charge in [-0.25, -0.2) is 4.98 Å². The van der Waals surface area contributed by atoms with Crippen LogP contribution in [0.2, 0.25) is 0 Å². The van der Waals surface area contributed by atoms with Gasteiger partial charge in [0.05, 0.1) is 16.6 Å². The molecule has 21 heavy (non-hydrogen) atoms. The minimum Gasteiger partial charge on any atom is -0.356 e. The van der Waals surface area contributed by atoms with E-state index in [9.17, 15) is 4.79 Å². The molecule has 0 aromatic carbocycles. The molecule has 0 unspecified atom stereocenters. The van der Waals surface area contributed by atoms with Crippen molar-refractivity contribution >= 4 is 17.2 Å². The van der Waals surface area contributed by atoms with Crippen molar-refractivity contribution in [1.82, 2.24) is 20.6 Å². The summed E-state index contributed by atoms with van der Waals surface area (Å²) in [4.78, 5) is 20.3. The molecule has 0 radical (unpaired) electrons. The number of nitrogens with one attached hydrogen (secondary N) is 2.